The summed E-state index contributed by atoms with van der Waals surface area (Å²) in [5.74, 6) is -0.658. The lowest BCUT2D eigenvalue weighted by molar-refractivity contribution is -0.133. The number of amides is 2. The fourth-order valence-electron chi connectivity index (χ4n) is 3.39. The highest BCUT2D eigenvalue weighted by molar-refractivity contribution is 7.91. The fourth-order valence-corrected chi connectivity index (χ4v) is 5.58. The van der Waals surface area contributed by atoms with E-state index in [0.717, 1.165) is 0 Å². The number of sulfone groups is 1. The van der Waals surface area contributed by atoms with Crippen LogP contribution in [0.25, 0.3) is 0 Å². The standard InChI is InChI=1S/C15H17ClN2O4S/c1-10(19)17-6-7-18(14-9-23(21,22)8-13(14)17)15(20)11-4-2-3-5-12(11)16/h2-5,13-14H,6-9H2,1H3/t13-,14+/m1/s1. The van der Waals surface area contributed by atoms with Crippen molar-refractivity contribution in [2.24, 2.45) is 0 Å². The monoisotopic (exact) mass is 356 g/mol. The molecule has 0 aliphatic carbocycles. The highest BCUT2D eigenvalue weighted by Crippen LogP contribution is 2.29. The van der Waals surface area contributed by atoms with Crippen LogP contribution in [0.15, 0.2) is 24.3 Å². The minimum Gasteiger partial charge on any atom is -0.335 e. The SMILES string of the molecule is CC(=O)N1CCN(C(=O)c2ccccc2Cl)[C@H]2CS(=O)(=O)C[C@H]21. The number of carbonyl (C=O) groups excluding carboxylic acids is 2. The third-order valence-electron chi connectivity index (χ3n) is 4.45. The summed E-state index contributed by atoms with van der Waals surface area (Å²) in [5.41, 5.74) is 0.355. The maximum Gasteiger partial charge on any atom is 0.255 e. The highest BCUT2D eigenvalue weighted by Gasteiger charge is 2.49. The number of benzene rings is 1. The molecule has 2 aliphatic heterocycles. The van der Waals surface area contributed by atoms with Crippen molar-refractivity contribution in [3.8, 4) is 0 Å². The molecule has 0 unspecified atom stereocenters. The normalized spacial score (nSPS) is 26.0. The van der Waals surface area contributed by atoms with E-state index in [1.54, 1.807) is 34.1 Å². The molecular formula is C15H17ClN2O4S. The summed E-state index contributed by atoms with van der Waals surface area (Å²) in [5, 5.41) is 0.337. The van der Waals surface area contributed by atoms with Gasteiger partial charge in [-0.05, 0) is 12.1 Å². The van der Waals surface area contributed by atoms with Crippen LogP contribution < -0.4 is 0 Å². The molecule has 0 saturated carbocycles. The zero-order valence-corrected chi connectivity index (χ0v) is 14.2. The number of rotatable bonds is 1. The van der Waals surface area contributed by atoms with Gasteiger partial charge in [-0.15, -0.1) is 0 Å². The fraction of sp³-hybridized carbons (Fsp3) is 0.467. The molecule has 8 heteroatoms. The summed E-state index contributed by atoms with van der Waals surface area (Å²) in [6, 6.07) is 5.71. The topological polar surface area (TPSA) is 74.8 Å². The minimum atomic E-state index is -3.27. The van der Waals surface area contributed by atoms with E-state index in [1.807, 2.05) is 0 Å². The maximum absolute atomic E-state index is 12.8. The van der Waals surface area contributed by atoms with Gasteiger partial charge in [-0.1, -0.05) is 23.7 Å². The predicted octanol–water partition coefficient (Wildman–Crippen LogP) is 0.810. The predicted molar refractivity (Wildman–Crippen MR) is 86.1 cm³/mol. The van der Waals surface area contributed by atoms with Crippen molar-refractivity contribution in [1.29, 1.82) is 0 Å². The number of nitrogens with zero attached hydrogens (tertiary/aromatic N) is 2. The Morgan fingerprint density at radius 1 is 1.09 bits per heavy atom. The quantitative estimate of drug-likeness (QED) is 0.746. The lowest BCUT2D eigenvalue weighted by Gasteiger charge is -2.43. The van der Waals surface area contributed by atoms with E-state index in [1.165, 1.54) is 6.92 Å². The van der Waals surface area contributed by atoms with Gasteiger partial charge in [0.05, 0.1) is 34.2 Å². The van der Waals surface area contributed by atoms with Crippen molar-refractivity contribution in [3.63, 3.8) is 0 Å². The van der Waals surface area contributed by atoms with Crippen LogP contribution in [0.5, 0.6) is 0 Å². The molecule has 0 N–H and O–H groups in total. The second kappa shape index (κ2) is 5.79. The zero-order valence-electron chi connectivity index (χ0n) is 12.6. The first kappa shape index (κ1) is 16.3. The van der Waals surface area contributed by atoms with E-state index in [4.69, 9.17) is 11.6 Å². The summed E-state index contributed by atoms with van der Waals surface area (Å²) in [6.45, 7) is 2.07. The zero-order chi connectivity index (χ0) is 16.8. The van der Waals surface area contributed by atoms with Crippen molar-refractivity contribution in [3.05, 3.63) is 34.9 Å². The summed E-state index contributed by atoms with van der Waals surface area (Å²) < 4.78 is 24.1. The number of hydrogen-bond donors (Lipinski definition) is 0. The van der Waals surface area contributed by atoms with Gasteiger partial charge in [-0.3, -0.25) is 9.59 Å². The molecule has 6 nitrogen and oxygen atoms in total. The van der Waals surface area contributed by atoms with Gasteiger partial charge in [0, 0.05) is 20.0 Å². The Balaban J connectivity index is 1.94. The van der Waals surface area contributed by atoms with Gasteiger partial charge in [0.25, 0.3) is 5.91 Å². The average molecular weight is 357 g/mol. The van der Waals surface area contributed by atoms with E-state index in [2.05, 4.69) is 0 Å². The number of fused-ring (bicyclic) bond motifs is 1. The van der Waals surface area contributed by atoms with E-state index in [-0.39, 0.29) is 23.3 Å². The smallest absolute Gasteiger partial charge is 0.255 e. The molecule has 2 heterocycles. The van der Waals surface area contributed by atoms with E-state index >= 15 is 0 Å². The van der Waals surface area contributed by atoms with Gasteiger partial charge in [-0.2, -0.15) is 0 Å². The Morgan fingerprint density at radius 2 is 1.65 bits per heavy atom. The second-order valence-corrected chi connectivity index (χ2v) is 8.46. The van der Waals surface area contributed by atoms with E-state index in [0.29, 0.717) is 23.7 Å². The Bertz CT molecular complexity index is 764. The lowest BCUT2D eigenvalue weighted by Crippen LogP contribution is -2.61. The second-order valence-electron chi connectivity index (χ2n) is 5.90. The molecule has 0 aromatic heterocycles. The van der Waals surface area contributed by atoms with Gasteiger partial charge in [0.2, 0.25) is 5.91 Å². The molecule has 2 aliphatic rings. The Labute approximate surface area is 139 Å². The minimum absolute atomic E-state index is 0.0937. The molecular weight excluding hydrogens is 340 g/mol. The highest BCUT2D eigenvalue weighted by atomic mass is 35.5. The molecule has 1 aromatic rings. The first-order chi connectivity index (χ1) is 10.8. The first-order valence-corrected chi connectivity index (χ1v) is 9.53. The molecule has 1 aromatic carbocycles. The van der Waals surface area contributed by atoms with Gasteiger partial charge in [-0.25, -0.2) is 8.42 Å². The van der Waals surface area contributed by atoms with Crippen LogP contribution in [0.1, 0.15) is 17.3 Å². The van der Waals surface area contributed by atoms with Crippen molar-refractivity contribution >= 4 is 33.3 Å². The average Bonchev–Trinajstić information content (AvgIpc) is 2.80. The number of piperazine rings is 1. The van der Waals surface area contributed by atoms with Crippen molar-refractivity contribution in [1.82, 2.24) is 9.80 Å². The molecule has 0 spiro atoms. The molecule has 23 heavy (non-hydrogen) atoms. The number of hydrogen-bond acceptors (Lipinski definition) is 4. The molecule has 0 bridgehead atoms. The maximum atomic E-state index is 12.8. The van der Waals surface area contributed by atoms with Crippen LogP contribution in [0.4, 0.5) is 0 Å². The Kier molecular flexibility index (Phi) is 4.10. The van der Waals surface area contributed by atoms with Crippen LogP contribution >= 0.6 is 11.6 Å². The van der Waals surface area contributed by atoms with E-state index < -0.39 is 21.9 Å². The van der Waals surface area contributed by atoms with Gasteiger partial charge >= 0.3 is 0 Å². The van der Waals surface area contributed by atoms with Crippen molar-refractivity contribution < 1.29 is 18.0 Å². The van der Waals surface area contributed by atoms with Crippen LogP contribution in [0, 0.1) is 0 Å². The molecule has 0 radical (unpaired) electrons. The third-order valence-corrected chi connectivity index (χ3v) is 6.47. The van der Waals surface area contributed by atoms with Crippen LogP contribution in [-0.4, -0.2) is 66.7 Å². The summed E-state index contributed by atoms with van der Waals surface area (Å²) in [4.78, 5) is 27.7. The van der Waals surface area contributed by atoms with Crippen molar-refractivity contribution in [2.45, 2.75) is 19.0 Å². The lowest BCUT2D eigenvalue weighted by atomic mass is 10.0. The summed E-state index contributed by atoms with van der Waals surface area (Å²) in [7, 11) is -3.27. The van der Waals surface area contributed by atoms with Gasteiger partial charge in [0.1, 0.15) is 0 Å². The van der Waals surface area contributed by atoms with Crippen LogP contribution in [0.3, 0.4) is 0 Å². The van der Waals surface area contributed by atoms with Crippen LogP contribution in [-0.2, 0) is 14.6 Å². The largest absolute Gasteiger partial charge is 0.335 e. The molecule has 3 rings (SSSR count). The van der Waals surface area contributed by atoms with Gasteiger partial charge < -0.3 is 9.80 Å². The molecule has 2 saturated heterocycles. The Morgan fingerprint density at radius 3 is 2.26 bits per heavy atom. The molecule has 2 fully saturated rings. The molecule has 2 atom stereocenters. The van der Waals surface area contributed by atoms with E-state index in [9.17, 15) is 18.0 Å². The van der Waals surface area contributed by atoms with Crippen molar-refractivity contribution in [2.75, 3.05) is 24.6 Å². The van der Waals surface area contributed by atoms with Gasteiger partial charge in [0.15, 0.2) is 9.84 Å². The number of carbonyl (C=O) groups is 2. The summed E-state index contributed by atoms with van der Waals surface area (Å²) in [6.07, 6.45) is 0. The number of halogens is 1. The third kappa shape index (κ3) is 2.95. The summed E-state index contributed by atoms with van der Waals surface area (Å²) >= 11 is 6.09. The molecule has 124 valence electrons. The Hall–Kier alpha value is -1.60. The molecule has 2 amide bonds. The van der Waals surface area contributed by atoms with Crippen LogP contribution in [0.2, 0.25) is 5.02 Å². The first-order valence-electron chi connectivity index (χ1n) is 7.33.